The summed E-state index contributed by atoms with van der Waals surface area (Å²) >= 11 is 0. The Hall–Kier alpha value is -2.63. The number of anilines is 1. The van der Waals surface area contributed by atoms with Crippen LogP contribution < -0.4 is 4.90 Å². The third-order valence-electron chi connectivity index (χ3n) is 3.39. The number of carbonyl (C=O) groups excluding carboxylic acids is 2. The molecule has 0 spiro atoms. The monoisotopic (exact) mass is 344 g/mol. The Balaban J connectivity index is 2.43. The number of aryl methyl sites for hydroxylation is 1. The van der Waals surface area contributed by atoms with E-state index in [2.05, 4.69) is 4.98 Å². The van der Waals surface area contributed by atoms with Crippen molar-refractivity contribution in [2.45, 2.75) is 40.2 Å². The van der Waals surface area contributed by atoms with E-state index < -0.39 is 17.7 Å². The predicted molar refractivity (Wildman–Crippen MR) is 96.7 cm³/mol. The molecule has 1 aromatic heterocycles. The Kier molecular flexibility index (Phi) is 5.62. The van der Waals surface area contributed by atoms with Gasteiger partial charge in [-0.2, -0.15) is 0 Å². The van der Waals surface area contributed by atoms with Crippen molar-refractivity contribution < 1.29 is 19.1 Å². The van der Waals surface area contributed by atoms with Crippen LogP contribution in [-0.2, 0) is 14.3 Å². The summed E-state index contributed by atoms with van der Waals surface area (Å²) in [6, 6.07) is 9.40. The fraction of sp³-hybridized carbons (Fsp3) is 0.421. The molecule has 0 aliphatic rings. The van der Waals surface area contributed by atoms with Crippen molar-refractivity contribution in [1.29, 1.82) is 0 Å². The number of aromatic nitrogens is 1. The van der Waals surface area contributed by atoms with Gasteiger partial charge in [-0.05, 0) is 52.3 Å². The smallest absolute Gasteiger partial charge is 0.416 e. The summed E-state index contributed by atoms with van der Waals surface area (Å²) in [7, 11) is 0. The number of carbonyl (C=O) groups is 2. The van der Waals surface area contributed by atoms with Crippen molar-refractivity contribution in [2.75, 3.05) is 18.1 Å². The molecule has 0 aliphatic carbocycles. The van der Waals surface area contributed by atoms with Crippen LogP contribution in [0.2, 0.25) is 0 Å². The molecule has 0 saturated heterocycles. The van der Waals surface area contributed by atoms with Gasteiger partial charge in [-0.3, -0.25) is 9.69 Å². The number of hydrogen-bond acceptors (Lipinski definition) is 5. The second kappa shape index (κ2) is 7.51. The van der Waals surface area contributed by atoms with Crippen LogP contribution in [0, 0.1) is 6.92 Å². The molecule has 0 N–H and O–H groups in total. The van der Waals surface area contributed by atoms with Gasteiger partial charge in [0.2, 0.25) is 0 Å². The highest BCUT2D eigenvalue weighted by Crippen LogP contribution is 2.23. The molecule has 2 rings (SSSR count). The Morgan fingerprint density at radius 2 is 1.88 bits per heavy atom. The molecule has 0 radical (unpaired) electrons. The van der Waals surface area contributed by atoms with Crippen molar-refractivity contribution >= 4 is 28.8 Å². The molecule has 25 heavy (non-hydrogen) atoms. The minimum atomic E-state index is -0.685. The zero-order chi connectivity index (χ0) is 18.6. The molecule has 134 valence electrons. The van der Waals surface area contributed by atoms with Crippen LogP contribution in [0.4, 0.5) is 10.6 Å². The van der Waals surface area contributed by atoms with Gasteiger partial charge in [0.15, 0.2) is 0 Å². The summed E-state index contributed by atoms with van der Waals surface area (Å²) in [6.45, 7) is 8.95. The number of amides is 1. The minimum absolute atomic E-state index is 0.241. The first-order valence-corrected chi connectivity index (χ1v) is 8.24. The molecule has 1 heterocycles. The first kappa shape index (κ1) is 18.7. The molecule has 6 nitrogen and oxygen atoms in total. The zero-order valence-electron chi connectivity index (χ0n) is 15.3. The first-order chi connectivity index (χ1) is 11.7. The molecule has 6 heteroatoms. The molecular weight excluding hydrogens is 320 g/mol. The lowest BCUT2D eigenvalue weighted by Crippen LogP contribution is -2.41. The Morgan fingerprint density at radius 3 is 2.52 bits per heavy atom. The summed E-state index contributed by atoms with van der Waals surface area (Å²) in [5.74, 6) is -0.153. The second-order valence-corrected chi connectivity index (χ2v) is 6.69. The van der Waals surface area contributed by atoms with Gasteiger partial charge in [0.25, 0.3) is 0 Å². The van der Waals surface area contributed by atoms with Gasteiger partial charge in [-0.15, -0.1) is 0 Å². The van der Waals surface area contributed by atoms with Gasteiger partial charge in [0, 0.05) is 5.39 Å². The molecule has 0 fully saturated rings. The summed E-state index contributed by atoms with van der Waals surface area (Å²) in [4.78, 5) is 30.3. The average molecular weight is 344 g/mol. The van der Waals surface area contributed by atoms with E-state index >= 15 is 0 Å². The fourth-order valence-corrected chi connectivity index (χ4v) is 2.36. The predicted octanol–water partition coefficient (Wildman–Crippen LogP) is 3.85. The highest BCUT2D eigenvalue weighted by atomic mass is 16.6. The number of rotatable bonds is 4. The van der Waals surface area contributed by atoms with Gasteiger partial charge in [-0.25, -0.2) is 9.78 Å². The van der Waals surface area contributed by atoms with Crippen LogP contribution in [0.1, 0.15) is 33.3 Å². The third kappa shape index (κ3) is 4.92. The van der Waals surface area contributed by atoms with E-state index in [-0.39, 0.29) is 13.2 Å². The van der Waals surface area contributed by atoms with Crippen molar-refractivity contribution in [2.24, 2.45) is 0 Å². The maximum atomic E-state index is 12.6. The Labute approximate surface area is 147 Å². The van der Waals surface area contributed by atoms with Crippen molar-refractivity contribution in [1.82, 2.24) is 4.98 Å². The quantitative estimate of drug-likeness (QED) is 0.788. The second-order valence-electron chi connectivity index (χ2n) is 6.69. The van der Waals surface area contributed by atoms with Crippen molar-refractivity contribution in [3.05, 3.63) is 35.9 Å². The van der Waals surface area contributed by atoms with Crippen LogP contribution in [0.5, 0.6) is 0 Å². The van der Waals surface area contributed by atoms with E-state index in [0.29, 0.717) is 5.82 Å². The Morgan fingerprint density at radius 1 is 1.20 bits per heavy atom. The molecule has 1 aromatic carbocycles. The molecule has 0 bridgehead atoms. The van der Waals surface area contributed by atoms with E-state index in [1.54, 1.807) is 33.8 Å². The van der Waals surface area contributed by atoms with Crippen molar-refractivity contribution in [3.8, 4) is 0 Å². The van der Waals surface area contributed by atoms with Gasteiger partial charge in [0.05, 0.1) is 12.1 Å². The molecule has 0 saturated carbocycles. The maximum Gasteiger partial charge on any atom is 0.416 e. The summed E-state index contributed by atoms with van der Waals surface area (Å²) in [5.41, 5.74) is 1.02. The zero-order valence-corrected chi connectivity index (χ0v) is 15.3. The van der Waals surface area contributed by atoms with Crippen LogP contribution >= 0.6 is 0 Å². The van der Waals surface area contributed by atoms with E-state index in [9.17, 15) is 9.59 Å². The minimum Gasteiger partial charge on any atom is -0.465 e. The number of esters is 1. The summed E-state index contributed by atoms with van der Waals surface area (Å²) < 4.78 is 10.4. The molecule has 0 aliphatic heterocycles. The molecule has 2 aromatic rings. The lowest BCUT2D eigenvalue weighted by molar-refractivity contribution is -0.141. The fourth-order valence-electron chi connectivity index (χ4n) is 2.36. The number of hydrogen-bond donors (Lipinski definition) is 0. The van der Waals surface area contributed by atoms with Gasteiger partial charge < -0.3 is 9.47 Å². The summed E-state index contributed by atoms with van der Waals surface area (Å²) in [5, 5.41) is 0.992. The maximum absolute atomic E-state index is 12.6. The summed E-state index contributed by atoms with van der Waals surface area (Å²) in [6.07, 6.45) is -0.636. The van der Waals surface area contributed by atoms with E-state index in [4.69, 9.17) is 9.47 Å². The highest BCUT2D eigenvalue weighted by Gasteiger charge is 2.27. The third-order valence-corrected chi connectivity index (χ3v) is 3.39. The van der Waals surface area contributed by atoms with E-state index in [1.165, 1.54) is 4.90 Å². The molecule has 0 atom stereocenters. The average Bonchev–Trinajstić information content (AvgIpc) is 2.51. The number of benzene rings is 1. The van der Waals surface area contributed by atoms with Crippen LogP contribution in [0.15, 0.2) is 30.3 Å². The molecule has 1 amide bonds. The normalized spacial score (nSPS) is 11.2. The van der Waals surface area contributed by atoms with Gasteiger partial charge in [0.1, 0.15) is 18.0 Å². The molecule has 0 unspecified atom stereocenters. The highest BCUT2D eigenvalue weighted by molar-refractivity contribution is 5.94. The lowest BCUT2D eigenvalue weighted by atomic mass is 10.1. The van der Waals surface area contributed by atoms with E-state index in [1.807, 2.05) is 31.2 Å². The van der Waals surface area contributed by atoms with Gasteiger partial charge >= 0.3 is 12.1 Å². The number of para-hydroxylation sites is 1. The number of pyridine rings is 1. The first-order valence-electron chi connectivity index (χ1n) is 8.24. The topological polar surface area (TPSA) is 68.7 Å². The van der Waals surface area contributed by atoms with Crippen molar-refractivity contribution in [3.63, 3.8) is 0 Å². The lowest BCUT2D eigenvalue weighted by Gasteiger charge is -2.26. The largest absolute Gasteiger partial charge is 0.465 e. The van der Waals surface area contributed by atoms with Crippen LogP contribution in [0.25, 0.3) is 10.9 Å². The SMILES string of the molecule is CCOC(=O)CN(C(=O)OC(C)(C)C)c1cc(C)c2ccccc2n1. The van der Waals surface area contributed by atoms with Crippen LogP contribution in [0.3, 0.4) is 0 Å². The number of nitrogens with zero attached hydrogens (tertiary/aromatic N) is 2. The number of ether oxygens (including phenoxy) is 2. The van der Waals surface area contributed by atoms with Gasteiger partial charge in [-0.1, -0.05) is 18.2 Å². The van der Waals surface area contributed by atoms with E-state index in [0.717, 1.165) is 16.5 Å². The Bertz CT molecular complexity index is 781. The number of fused-ring (bicyclic) bond motifs is 1. The van der Waals surface area contributed by atoms with Crippen LogP contribution in [-0.4, -0.2) is 35.8 Å². The molecular formula is C19H24N2O4. The standard InChI is InChI=1S/C19H24N2O4/c1-6-24-17(22)12-21(18(23)25-19(3,4)5)16-11-13(2)14-9-7-8-10-15(14)20-16/h7-11H,6,12H2,1-5H3.